The smallest absolute Gasteiger partial charge is 0.308 e. The SMILES string of the molecule is CC1CC(C(=O)O)CN(c2nnc(C(F)F)s2)C1. The summed E-state index contributed by atoms with van der Waals surface area (Å²) < 4.78 is 24.8. The van der Waals surface area contributed by atoms with E-state index in [0.717, 1.165) is 11.3 Å². The summed E-state index contributed by atoms with van der Waals surface area (Å²) in [6, 6.07) is 0. The first kappa shape index (κ1) is 13.1. The van der Waals surface area contributed by atoms with E-state index in [2.05, 4.69) is 10.2 Å². The van der Waals surface area contributed by atoms with Crippen LogP contribution in [0.15, 0.2) is 0 Å². The van der Waals surface area contributed by atoms with Crippen molar-refractivity contribution in [3.05, 3.63) is 5.01 Å². The quantitative estimate of drug-likeness (QED) is 0.915. The second-order valence-corrected chi connectivity index (χ2v) is 5.49. The van der Waals surface area contributed by atoms with Gasteiger partial charge >= 0.3 is 5.97 Å². The highest BCUT2D eigenvalue weighted by Gasteiger charge is 2.31. The summed E-state index contributed by atoms with van der Waals surface area (Å²) >= 11 is 0.824. The second-order valence-electron chi connectivity index (χ2n) is 4.50. The standard InChI is InChI=1S/C10H13F2N3O2S/c1-5-2-6(9(16)17)4-15(3-5)10-14-13-8(18-10)7(11)12/h5-7H,2-4H2,1H3,(H,16,17). The number of piperidine rings is 1. The van der Waals surface area contributed by atoms with Crippen LogP contribution >= 0.6 is 11.3 Å². The number of carboxylic acid groups (broad SMARTS) is 1. The van der Waals surface area contributed by atoms with E-state index >= 15 is 0 Å². The monoisotopic (exact) mass is 277 g/mol. The molecular weight excluding hydrogens is 264 g/mol. The van der Waals surface area contributed by atoms with Crippen LogP contribution in [-0.2, 0) is 4.79 Å². The summed E-state index contributed by atoms with van der Waals surface area (Å²) in [6.45, 7) is 2.87. The predicted octanol–water partition coefficient (Wildman–Crippen LogP) is 2.02. The fourth-order valence-corrected chi connectivity index (χ4v) is 2.85. The molecule has 1 aromatic heterocycles. The molecular formula is C10H13F2N3O2S. The molecule has 1 N–H and O–H groups in total. The maximum Gasteiger partial charge on any atom is 0.308 e. The Bertz CT molecular complexity index is 441. The highest BCUT2D eigenvalue weighted by atomic mass is 32.1. The predicted molar refractivity (Wildman–Crippen MR) is 62.0 cm³/mol. The molecule has 1 aromatic rings. The van der Waals surface area contributed by atoms with E-state index in [9.17, 15) is 13.6 Å². The lowest BCUT2D eigenvalue weighted by Crippen LogP contribution is -2.42. The minimum Gasteiger partial charge on any atom is -0.481 e. The van der Waals surface area contributed by atoms with Crippen LogP contribution in [0.5, 0.6) is 0 Å². The third kappa shape index (κ3) is 2.74. The molecule has 0 amide bonds. The molecule has 1 fully saturated rings. The van der Waals surface area contributed by atoms with Gasteiger partial charge in [0.15, 0.2) is 5.01 Å². The van der Waals surface area contributed by atoms with Gasteiger partial charge in [-0.1, -0.05) is 18.3 Å². The number of aromatic nitrogens is 2. The highest BCUT2D eigenvalue weighted by Crippen LogP contribution is 2.31. The maximum atomic E-state index is 12.4. The molecule has 1 aliphatic heterocycles. The van der Waals surface area contributed by atoms with E-state index in [-0.39, 0.29) is 10.9 Å². The molecule has 0 spiro atoms. The molecule has 0 saturated carbocycles. The Labute approximate surface area is 106 Å². The Balaban J connectivity index is 2.13. The Morgan fingerprint density at radius 2 is 2.22 bits per heavy atom. The number of carbonyl (C=O) groups is 1. The number of nitrogens with zero attached hydrogens (tertiary/aromatic N) is 3. The third-order valence-electron chi connectivity index (χ3n) is 2.90. The summed E-state index contributed by atoms with van der Waals surface area (Å²) in [6.07, 6.45) is -2.03. The van der Waals surface area contributed by atoms with Gasteiger partial charge in [-0.25, -0.2) is 8.78 Å². The first-order valence-corrected chi connectivity index (χ1v) is 6.38. The van der Waals surface area contributed by atoms with Crippen LogP contribution in [0.2, 0.25) is 0 Å². The second kappa shape index (κ2) is 5.13. The number of halogens is 2. The summed E-state index contributed by atoms with van der Waals surface area (Å²) in [5.41, 5.74) is 0. The summed E-state index contributed by atoms with van der Waals surface area (Å²) in [5, 5.41) is 16.2. The number of hydrogen-bond donors (Lipinski definition) is 1. The van der Waals surface area contributed by atoms with Crippen molar-refractivity contribution in [1.82, 2.24) is 10.2 Å². The van der Waals surface area contributed by atoms with E-state index in [1.807, 2.05) is 6.92 Å². The number of alkyl halides is 2. The number of aliphatic carboxylic acids is 1. The summed E-state index contributed by atoms with van der Waals surface area (Å²) in [5.74, 6) is -1.14. The van der Waals surface area contributed by atoms with Gasteiger partial charge in [-0.2, -0.15) is 0 Å². The van der Waals surface area contributed by atoms with Crippen molar-refractivity contribution >= 4 is 22.4 Å². The van der Waals surface area contributed by atoms with Crippen LogP contribution < -0.4 is 4.90 Å². The van der Waals surface area contributed by atoms with Gasteiger partial charge in [-0.3, -0.25) is 4.79 Å². The molecule has 18 heavy (non-hydrogen) atoms. The normalized spacial score (nSPS) is 24.6. The molecule has 0 aliphatic carbocycles. The van der Waals surface area contributed by atoms with Crippen LogP contribution in [0.25, 0.3) is 0 Å². The average molecular weight is 277 g/mol. The Morgan fingerprint density at radius 3 is 2.78 bits per heavy atom. The zero-order chi connectivity index (χ0) is 13.3. The van der Waals surface area contributed by atoms with E-state index in [4.69, 9.17) is 5.11 Å². The zero-order valence-corrected chi connectivity index (χ0v) is 10.5. The first-order valence-electron chi connectivity index (χ1n) is 5.56. The first-order chi connectivity index (χ1) is 8.47. The molecule has 8 heteroatoms. The lowest BCUT2D eigenvalue weighted by Gasteiger charge is -2.34. The number of hydrogen-bond acceptors (Lipinski definition) is 5. The van der Waals surface area contributed by atoms with Crippen LogP contribution in [-0.4, -0.2) is 34.4 Å². The molecule has 0 aromatic carbocycles. The number of anilines is 1. The van der Waals surface area contributed by atoms with Gasteiger partial charge in [0, 0.05) is 13.1 Å². The third-order valence-corrected chi connectivity index (χ3v) is 3.89. The van der Waals surface area contributed by atoms with Gasteiger partial charge in [0.25, 0.3) is 6.43 Å². The van der Waals surface area contributed by atoms with Crippen molar-refractivity contribution in [3.8, 4) is 0 Å². The van der Waals surface area contributed by atoms with E-state index in [1.54, 1.807) is 4.90 Å². The molecule has 2 heterocycles. The summed E-state index contributed by atoms with van der Waals surface area (Å²) in [4.78, 5) is 12.7. The summed E-state index contributed by atoms with van der Waals surface area (Å²) in [7, 11) is 0. The van der Waals surface area contributed by atoms with Gasteiger partial charge in [0.1, 0.15) is 0 Å². The van der Waals surface area contributed by atoms with Crippen molar-refractivity contribution in [3.63, 3.8) is 0 Å². The highest BCUT2D eigenvalue weighted by molar-refractivity contribution is 7.15. The minimum atomic E-state index is -2.63. The van der Waals surface area contributed by atoms with Crippen molar-refractivity contribution in [2.75, 3.05) is 18.0 Å². The van der Waals surface area contributed by atoms with Gasteiger partial charge in [0.2, 0.25) is 5.13 Å². The minimum absolute atomic E-state index is 0.193. The van der Waals surface area contributed by atoms with Crippen LogP contribution in [0.1, 0.15) is 24.8 Å². The molecule has 100 valence electrons. The fraction of sp³-hybridized carbons (Fsp3) is 0.700. The molecule has 1 saturated heterocycles. The van der Waals surface area contributed by atoms with Crippen molar-refractivity contribution < 1.29 is 18.7 Å². The molecule has 0 radical (unpaired) electrons. The fourth-order valence-electron chi connectivity index (χ4n) is 2.13. The van der Waals surface area contributed by atoms with E-state index in [0.29, 0.717) is 24.6 Å². The molecule has 2 rings (SSSR count). The average Bonchev–Trinajstić information content (AvgIpc) is 2.77. The van der Waals surface area contributed by atoms with Gasteiger partial charge in [-0.05, 0) is 12.3 Å². The van der Waals surface area contributed by atoms with Crippen molar-refractivity contribution in [2.24, 2.45) is 11.8 Å². The Kier molecular flexibility index (Phi) is 3.74. The van der Waals surface area contributed by atoms with Gasteiger partial charge in [-0.15, -0.1) is 10.2 Å². The van der Waals surface area contributed by atoms with Crippen molar-refractivity contribution in [2.45, 2.75) is 19.8 Å². The number of rotatable bonds is 3. The van der Waals surface area contributed by atoms with E-state index in [1.165, 1.54) is 0 Å². The number of carboxylic acids is 1. The Morgan fingerprint density at radius 1 is 1.50 bits per heavy atom. The van der Waals surface area contributed by atoms with Crippen molar-refractivity contribution in [1.29, 1.82) is 0 Å². The lowest BCUT2D eigenvalue weighted by molar-refractivity contribution is -0.142. The topological polar surface area (TPSA) is 66.3 Å². The van der Waals surface area contributed by atoms with Gasteiger partial charge in [0.05, 0.1) is 5.92 Å². The van der Waals surface area contributed by atoms with Gasteiger partial charge < -0.3 is 10.0 Å². The van der Waals surface area contributed by atoms with Crippen LogP contribution in [0.3, 0.4) is 0 Å². The molecule has 2 atom stereocenters. The maximum absolute atomic E-state index is 12.4. The lowest BCUT2D eigenvalue weighted by atomic mass is 9.91. The van der Waals surface area contributed by atoms with Crippen LogP contribution in [0, 0.1) is 11.8 Å². The van der Waals surface area contributed by atoms with Crippen LogP contribution in [0.4, 0.5) is 13.9 Å². The largest absolute Gasteiger partial charge is 0.481 e. The molecule has 0 bridgehead atoms. The zero-order valence-electron chi connectivity index (χ0n) is 9.71. The molecule has 1 aliphatic rings. The molecule has 2 unspecified atom stereocenters. The van der Waals surface area contributed by atoms with E-state index < -0.39 is 18.3 Å². The molecule has 5 nitrogen and oxygen atoms in total. The Hall–Kier alpha value is -1.31.